The van der Waals surface area contributed by atoms with Gasteiger partial charge in [-0.05, 0) is 18.2 Å². The lowest BCUT2D eigenvalue weighted by Crippen LogP contribution is -2.11. The molecule has 0 aliphatic carbocycles. The Hall–Kier alpha value is -1.56. The molecule has 0 radical (unpaired) electrons. The second kappa shape index (κ2) is 6.05. The van der Waals surface area contributed by atoms with Gasteiger partial charge in [-0.25, -0.2) is 4.39 Å². The molecule has 2 aromatic carbocycles. The SMILES string of the molecule is O=C(c1ccccc1F)c1cccc(Br)c1C1OCCO1. The number of benzene rings is 2. The molecule has 1 aliphatic rings. The van der Waals surface area contributed by atoms with E-state index in [0.29, 0.717) is 28.8 Å². The summed E-state index contributed by atoms with van der Waals surface area (Å²) in [5.41, 5.74) is 1.01. The molecule has 108 valence electrons. The van der Waals surface area contributed by atoms with Gasteiger partial charge in [-0.1, -0.05) is 40.2 Å². The van der Waals surface area contributed by atoms with Gasteiger partial charge in [-0.3, -0.25) is 4.79 Å². The minimum atomic E-state index is -0.605. The quantitative estimate of drug-likeness (QED) is 0.788. The van der Waals surface area contributed by atoms with Crippen LogP contribution in [0.2, 0.25) is 0 Å². The summed E-state index contributed by atoms with van der Waals surface area (Å²) in [5.74, 6) is -0.926. The van der Waals surface area contributed by atoms with E-state index >= 15 is 0 Å². The zero-order valence-corrected chi connectivity index (χ0v) is 12.6. The molecule has 0 bridgehead atoms. The fraction of sp³-hybridized carbons (Fsp3) is 0.188. The molecule has 1 fully saturated rings. The number of ketones is 1. The zero-order valence-electron chi connectivity index (χ0n) is 11.0. The third-order valence-electron chi connectivity index (χ3n) is 3.27. The lowest BCUT2D eigenvalue weighted by molar-refractivity contribution is -0.0450. The van der Waals surface area contributed by atoms with Crippen LogP contribution in [-0.4, -0.2) is 19.0 Å². The van der Waals surface area contributed by atoms with Gasteiger partial charge >= 0.3 is 0 Å². The number of hydrogen-bond acceptors (Lipinski definition) is 3. The fourth-order valence-electron chi connectivity index (χ4n) is 2.29. The molecule has 3 rings (SSSR count). The molecular formula is C16H12BrFO3. The van der Waals surface area contributed by atoms with Crippen molar-refractivity contribution in [1.82, 2.24) is 0 Å². The predicted molar refractivity (Wildman–Crippen MR) is 78.6 cm³/mol. The number of halogens is 2. The van der Waals surface area contributed by atoms with Gasteiger partial charge in [0.05, 0.1) is 18.8 Å². The van der Waals surface area contributed by atoms with Crippen LogP contribution in [0.15, 0.2) is 46.9 Å². The van der Waals surface area contributed by atoms with Crippen LogP contribution in [-0.2, 0) is 9.47 Å². The van der Waals surface area contributed by atoms with Crippen molar-refractivity contribution in [2.75, 3.05) is 13.2 Å². The van der Waals surface area contributed by atoms with E-state index in [1.54, 1.807) is 30.3 Å². The highest BCUT2D eigenvalue weighted by Gasteiger charge is 2.27. The highest BCUT2D eigenvalue weighted by Crippen LogP contribution is 2.34. The maximum Gasteiger partial charge on any atom is 0.196 e. The summed E-state index contributed by atoms with van der Waals surface area (Å²) < 4.78 is 25.5. The lowest BCUT2D eigenvalue weighted by atomic mass is 9.97. The minimum Gasteiger partial charge on any atom is -0.346 e. The summed E-state index contributed by atoms with van der Waals surface area (Å²) in [4.78, 5) is 12.6. The summed E-state index contributed by atoms with van der Waals surface area (Å²) in [6.45, 7) is 0.943. The number of ether oxygens (including phenoxy) is 2. The van der Waals surface area contributed by atoms with Gasteiger partial charge < -0.3 is 9.47 Å². The molecule has 1 saturated heterocycles. The van der Waals surface area contributed by atoms with Crippen molar-refractivity contribution in [3.05, 3.63) is 69.4 Å². The summed E-state index contributed by atoms with van der Waals surface area (Å²) in [7, 11) is 0. The van der Waals surface area contributed by atoms with Crippen molar-refractivity contribution in [1.29, 1.82) is 0 Å². The first-order valence-corrected chi connectivity index (χ1v) is 7.28. The maximum atomic E-state index is 13.8. The molecule has 5 heteroatoms. The molecule has 0 N–H and O–H groups in total. The zero-order chi connectivity index (χ0) is 14.8. The van der Waals surface area contributed by atoms with Gasteiger partial charge in [-0.2, -0.15) is 0 Å². The topological polar surface area (TPSA) is 35.5 Å². The lowest BCUT2D eigenvalue weighted by Gasteiger charge is -2.16. The van der Waals surface area contributed by atoms with Crippen LogP contribution in [0.1, 0.15) is 27.8 Å². The van der Waals surface area contributed by atoms with E-state index in [0.717, 1.165) is 0 Å². The highest BCUT2D eigenvalue weighted by molar-refractivity contribution is 9.10. The smallest absolute Gasteiger partial charge is 0.196 e. The van der Waals surface area contributed by atoms with Crippen LogP contribution in [0.25, 0.3) is 0 Å². The Balaban J connectivity index is 2.08. The predicted octanol–water partition coefficient (Wildman–Crippen LogP) is 3.86. The normalized spacial score (nSPS) is 15.3. The Morgan fingerprint density at radius 1 is 1.05 bits per heavy atom. The van der Waals surface area contributed by atoms with Gasteiger partial charge in [0.2, 0.25) is 0 Å². The first-order valence-electron chi connectivity index (χ1n) is 6.49. The first kappa shape index (κ1) is 14.4. The van der Waals surface area contributed by atoms with Crippen LogP contribution in [0, 0.1) is 5.82 Å². The van der Waals surface area contributed by atoms with Crippen molar-refractivity contribution in [3.63, 3.8) is 0 Å². The van der Waals surface area contributed by atoms with Crippen molar-refractivity contribution in [3.8, 4) is 0 Å². The van der Waals surface area contributed by atoms with Crippen LogP contribution in [0.4, 0.5) is 4.39 Å². The van der Waals surface area contributed by atoms with Gasteiger partial charge in [0.1, 0.15) is 5.82 Å². The second-order valence-electron chi connectivity index (χ2n) is 4.58. The Bertz CT molecular complexity index is 681. The van der Waals surface area contributed by atoms with E-state index < -0.39 is 12.1 Å². The molecule has 0 aromatic heterocycles. The molecule has 0 saturated carbocycles. The number of carbonyl (C=O) groups is 1. The third-order valence-corrected chi connectivity index (χ3v) is 3.97. The second-order valence-corrected chi connectivity index (χ2v) is 5.44. The molecule has 1 aliphatic heterocycles. The van der Waals surface area contributed by atoms with Crippen LogP contribution in [0.3, 0.4) is 0 Å². The Morgan fingerprint density at radius 2 is 1.71 bits per heavy atom. The van der Waals surface area contributed by atoms with Crippen molar-refractivity contribution in [2.45, 2.75) is 6.29 Å². The van der Waals surface area contributed by atoms with Crippen LogP contribution >= 0.6 is 15.9 Å². The molecular weight excluding hydrogens is 339 g/mol. The van der Waals surface area contributed by atoms with Crippen molar-refractivity contribution in [2.24, 2.45) is 0 Å². The molecule has 21 heavy (non-hydrogen) atoms. The summed E-state index contributed by atoms with van der Waals surface area (Å²) in [6, 6.07) is 11.1. The average molecular weight is 351 g/mol. The third kappa shape index (κ3) is 2.77. The molecule has 0 atom stereocenters. The van der Waals surface area contributed by atoms with E-state index in [9.17, 15) is 9.18 Å². The number of carbonyl (C=O) groups excluding carboxylic acids is 1. The van der Waals surface area contributed by atoms with Gasteiger partial charge in [-0.15, -0.1) is 0 Å². The average Bonchev–Trinajstić information content (AvgIpc) is 3.00. The van der Waals surface area contributed by atoms with E-state index in [1.807, 2.05) is 0 Å². The van der Waals surface area contributed by atoms with E-state index in [2.05, 4.69) is 15.9 Å². The standard InChI is InChI=1S/C16H12BrFO3/c17-12-6-3-5-11(14(12)16-20-8-9-21-16)15(19)10-4-1-2-7-13(10)18/h1-7,16H,8-9H2. The van der Waals surface area contributed by atoms with Gasteiger partial charge in [0.15, 0.2) is 12.1 Å². The first-order chi connectivity index (χ1) is 10.2. The van der Waals surface area contributed by atoms with E-state index in [1.165, 1.54) is 12.1 Å². The molecule has 0 spiro atoms. The summed E-state index contributed by atoms with van der Waals surface area (Å²) >= 11 is 3.41. The summed E-state index contributed by atoms with van der Waals surface area (Å²) in [6.07, 6.45) is -0.605. The number of rotatable bonds is 3. The van der Waals surface area contributed by atoms with E-state index in [4.69, 9.17) is 9.47 Å². The van der Waals surface area contributed by atoms with E-state index in [-0.39, 0.29) is 11.3 Å². The monoisotopic (exact) mass is 350 g/mol. The Labute approximate surface area is 129 Å². The molecule has 0 unspecified atom stereocenters. The number of hydrogen-bond donors (Lipinski definition) is 0. The molecule has 1 heterocycles. The Morgan fingerprint density at radius 3 is 2.43 bits per heavy atom. The molecule has 0 amide bonds. The van der Waals surface area contributed by atoms with Gasteiger partial charge in [0, 0.05) is 15.6 Å². The molecule has 2 aromatic rings. The fourth-order valence-corrected chi connectivity index (χ4v) is 2.84. The highest BCUT2D eigenvalue weighted by atomic mass is 79.9. The largest absolute Gasteiger partial charge is 0.346 e. The van der Waals surface area contributed by atoms with Crippen LogP contribution in [0.5, 0.6) is 0 Å². The Kier molecular flexibility index (Phi) is 4.14. The van der Waals surface area contributed by atoms with Crippen molar-refractivity contribution < 1.29 is 18.7 Å². The van der Waals surface area contributed by atoms with Crippen LogP contribution < -0.4 is 0 Å². The maximum absolute atomic E-state index is 13.8. The summed E-state index contributed by atoms with van der Waals surface area (Å²) in [5, 5.41) is 0. The van der Waals surface area contributed by atoms with Crippen molar-refractivity contribution >= 4 is 21.7 Å². The van der Waals surface area contributed by atoms with Gasteiger partial charge in [0.25, 0.3) is 0 Å². The minimum absolute atomic E-state index is 0.0369. The molecule has 3 nitrogen and oxygen atoms in total.